The van der Waals surface area contributed by atoms with Gasteiger partial charge in [-0.1, -0.05) is 6.92 Å². The predicted molar refractivity (Wildman–Crippen MR) is 48.3 cm³/mol. The molecule has 5 heteroatoms. The monoisotopic (exact) mass is 191 g/mol. The molecule has 0 radical (unpaired) electrons. The van der Waals surface area contributed by atoms with Crippen LogP contribution in [0.4, 0.5) is 0 Å². The van der Waals surface area contributed by atoms with E-state index in [-0.39, 0.29) is 11.7 Å². The van der Waals surface area contributed by atoms with Crippen LogP contribution in [0.15, 0.2) is 0 Å². The second kappa shape index (κ2) is 5.03. The number of hydrogen-bond donors (Lipinski definition) is 2. The van der Waals surface area contributed by atoms with E-state index in [1.54, 1.807) is 6.92 Å². The molecule has 12 heavy (non-hydrogen) atoms. The van der Waals surface area contributed by atoms with Gasteiger partial charge in [-0.05, 0) is 0 Å². The number of carboxylic acid groups (broad SMARTS) is 1. The van der Waals surface area contributed by atoms with Crippen LogP contribution in [0.3, 0.4) is 0 Å². The summed E-state index contributed by atoms with van der Waals surface area (Å²) in [5, 5.41) is 8.65. The van der Waals surface area contributed by atoms with E-state index in [0.717, 1.165) is 0 Å². The standard InChI is InChI=1S/C7H13NO3S/c1-3-6(9)8(2)5(4-12)7(10)11/h5,12H,3-4H2,1-2H3,(H,10,11). The molecule has 1 unspecified atom stereocenters. The van der Waals surface area contributed by atoms with E-state index in [4.69, 9.17) is 5.11 Å². The van der Waals surface area contributed by atoms with Gasteiger partial charge >= 0.3 is 5.97 Å². The summed E-state index contributed by atoms with van der Waals surface area (Å²) in [6.07, 6.45) is 0.314. The Labute approximate surface area is 77.0 Å². The Bertz CT molecular complexity index is 183. The highest BCUT2D eigenvalue weighted by molar-refractivity contribution is 7.80. The molecular weight excluding hydrogens is 178 g/mol. The van der Waals surface area contributed by atoms with Crippen LogP contribution in [-0.4, -0.2) is 40.7 Å². The molecule has 1 atom stereocenters. The number of carbonyl (C=O) groups is 2. The Morgan fingerprint density at radius 3 is 2.33 bits per heavy atom. The van der Waals surface area contributed by atoms with Crippen molar-refractivity contribution in [3.05, 3.63) is 0 Å². The van der Waals surface area contributed by atoms with Crippen molar-refractivity contribution in [2.75, 3.05) is 12.8 Å². The maximum absolute atomic E-state index is 11.0. The summed E-state index contributed by atoms with van der Waals surface area (Å²) in [6, 6.07) is -0.819. The number of likely N-dealkylation sites (N-methyl/N-ethyl adjacent to an activating group) is 1. The van der Waals surface area contributed by atoms with Crippen LogP contribution in [0, 0.1) is 0 Å². The lowest BCUT2D eigenvalue weighted by atomic mass is 10.3. The minimum absolute atomic E-state index is 0.136. The molecule has 0 bridgehead atoms. The molecule has 0 aromatic rings. The topological polar surface area (TPSA) is 57.6 Å². The van der Waals surface area contributed by atoms with Gasteiger partial charge < -0.3 is 10.0 Å². The molecule has 0 fully saturated rings. The zero-order chi connectivity index (χ0) is 9.72. The lowest BCUT2D eigenvalue weighted by molar-refractivity contribution is -0.147. The highest BCUT2D eigenvalue weighted by Gasteiger charge is 2.23. The number of carbonyl (C=O) groups excluding carboxylic acids is 1. The van der Waals surface area contributed by atoms with Crippen LogP contribution in [0.2, 0.25) is 0 Å². The van der Waals surface area contributed by atoms with E-state index in [1.807, 2.05) is 0 Å². The number of thiol groups is 1. The Balaban J connectivity index is 4.30. The highest BCUT2D eigenvalue weighted by atomic mass is 32.1. The van der Waals surface area contributed by atoms with E-state index >= 15 is 0 Å². The zero-order valence-corrected chi connectivity index (χ0v) is 8.04. The van der Waals surface area contributed by atoms with Crippen LogP contribution < -0.4 is 0 Å². The fraction of sp³-hybridized carbons (Fsp3) is 0.714. The van der Waals surface area contributed by atoms with Gasteiger partial charge in [0.1, 0.15) is 6.04 Å². The van der Waals surface area contributed by atoms with Crippen molar-refractivity contribution in [2.45, 2.75) is 19.4 Å². The van der Waals surface area contributed by atoms with E-state index < -0.39 is 12.0 Å². The van der Waals surface area contributed by atoms with Crippen molar-refractivity contribution >= 4 is 24.5 Å². The summed E-state index contributed by atoms with van der Waals surface area (Å²) in [4.78, 5) is 22.8. The van der Waals surface area contributed by atoms with Gasteiger partial charge in [0.2, 0.25) is 5.91 Å². The zero-order valence-electron chi connectivity index (χ0n) is 7.15. The van der Waals surface area contributed by atoms with Crippen molar-refractivity contribution in [1.29, 1.82) is 0 Å². The minimum atomic E-state index is -1.02. The largest absolute Gasteiger partial charge is 0.480 e. The molecule has 0 spiro atoms. The van der Waals surface area contributed by atoms with Crippen molar-refractivity contribution in [3.63, 3.8) is 0 Å². The number of hydrogen-bond acceptors (Lipinski definition) is 3. The van der Waals surface area contributed by atoms with E-state index in [0.29, 0.717) is 6.42 Å². The van der Waals surface area contributed by atoms with E-state index in [1.165, 1.54) is 11.9 Å². The lowest BCUT2D eigenvalue weighted by Crippen LogP contribution is -2.43. The van der Waals surface area contributed by atoms with Crippen LogP contribution in [0.5, 0.6) is 0 Å². The molecule has 1 amide bonds. The summed E-state index contributed by atoms with van der Waals surface area (Å²) < 4.78 is 0. The molecule has 0 aliphatic rings. The van der Waals surface area contributed by atoms with Crippen LogP contribution in [0.1, 0.15) is 13.3 Å². The van der Waals surface area contributed by atoms with Gasteiger partial charge in [0.25, 0.3) is 0 Å². The van der Waals surface area contributed by atoms with Crippen molar-refractivity contribution in [3.8, 4) is 0 Å². The SMILES string of the molecule is CCC(=O)N(C)C(CS)C(=O)O. The average molecular weight is 191 g/mol. The van der Waals surface area contributed by atoms with Crippen LogP contribution in [-0.2, 0) is 9.59 Å². The fourth-order valence-electron chi connectivity index (χ4n) is 0.789. The smallest absolute Gasteiger partial charge is 0.327 e. The molecule has 0 aromatic heterocycles. The third-order valence-electron chi connectivity index (χ3n) is 1.62. The number of rotatable bonds is 4. The molecule has 0 saturated heterocycles. The quantitative estimate of drug-likeness (QED) is 0.626. The van der Waals surface area contributed by atoms with Gasteiger partial charge in [0.15, 0.2) is 0 Å². The Kier molecular flexibility index (Phi) is 4.73. The summed E-state index contributed by atoms with van der Waals surface area (Å²) >= 11 is 3.85. The number of nitrogens with zero attached hydrogens (tertiary/aromatic N) is 1. The van der Waals surface area contributed by atoms with Gasteiger partial charge in [-0.3, -0.25) is 4.79 Å². The van der Waals surface area contributed by atoms with Crippen molar-refractivity contribution in [2.24, 2.45) is 0 Å². The van der Waals surface area contributed by atoms with Gasteiger partial charge in [-0.15, -0.1) is 0 Å². The molecule has 4 nitrogen and oxygen atoms in total. The molecule has 0 aliphatic carbocycles. The normalized spacial score (nSPS) is 12.2. The van der Waals surface area contributed by atoms with Crippen molar-refractivity contribution in [1.82, 2.24) is 4.90 Å². The first-order valence-electron chi connectivity index (χ1n) is 3.63. The lowest BCUT2D eigenvalue weighted by Gasteiger charge is -2.22. The summed E-state index contributed by atoms with van der Waals surface area (Å²) in [6.45, 7) is 1.69. The fourth-order valence-corrected chi connectivity index (χ4v) is 1.19. The summed E-state index contributed by atoms with van der Waals surface area (Å²) in [7, 11) is 1.47. The third kappa shape index (κ3) is 2.73. The Morgan fingerprint density at radius 2 is 2.08 bits per heavy atom. The molecular formula is C7H13NO3S. The first-order chi connectivity index (χ1) is 5.54. The summed E-state index contributed by atoms with van der Waals surface area (Å²) in [5.41, 5.74) is 0. The van der Waals surface area contributed by atoms with Crippen LogP contribution in [0.25, 0.3) is 0 Å². The van der Waals surface area contributed by atoms with Gasteiger partial charge in [-0.2, -0.15) is 12.6 Å². The average Bonchev–Trinajstić information content (AvgIpc) is 2.03. The number of amides is 1. The second-order valence-electron chi connectivity index (χ2n) is 2.39. The predicted octanol–water partition coefficient (Wildman–Crippen LogP) is 0.238. The molecule has 70 valence electrons. The first-order valence-corrected chi connectivity index (χ1v) is 4.27. The first kappa shape index (κ1) is 11.3. The van der Waals surface area contributed by atoms with Crippen LogP contribution >= 0.6 is 12.6 Å². The Hall–Kier alpha value is -0.710. The molecule has 0 aromatic carbocycles. The highest BCUT2D eigenvalue weighted by Crippen LogP contribution is 2.01. The molecule has 0 aliphatic heterocycles. The van der Waals surface area contributed by atoms with Gasteiger partial charge in [0.05, 0.1) is 0 Å². The van der Waals surface area contributed by atoms with E-state index in [9.17, 15) is 9.59 Å². The third-order valence-corrected chi connectivity index (χ3v) is 1.97. The molecule has 0 saturated carbocycles. The van der Waals surface area contributed by atoms with Gasteiger partial charge in [-0.25, -0.2) is 4.79 Å². The maximum Gasteiger partial charge on any atom is 0.327 e. The second-order valence-corrected chi connectivity index (χ2v) is 2.76. The number of aliphatic carboxylic acids is 1. The molecule has 1 N–H and O–H groups in total. The summed E-state index contributed by atoms with van der Waals surface area (Å²) in [5.74, 6) is -1.07. The molecule has 0 heterocycles. The Morgan fingerprint density at radius 1 is 1.58 bits per heavy atom. The minimum Gasteiger partial charge on any atom is -0.480 e. The molecule has 0 rings (SSSR count). The van der Waals surface area contributed by atoms with Crippen molar-refractivity contribution < 1.29 is 14.7 Å². The maximum atomic E-state index is 11.0. The van der Waals surface area contributed by atoms with E-state index in [2.05, 4.69) is 12.6 Å². The van der Waals surface area contributed by atoms with Gasteiger partial charge in [0, 0.05) is 19.2 Å². The number of carboxylic acids is 1.